The lowest BCUT2D eigenvalue weighted by molar-refractivity contribution is -0.127. The van der Waals surface area contributed by atoms with Gasteiger partial charge in [0.15, 0.2) is 0 Å². The maximum Gasteiger partial charge on any atom is 0.241 e. The molecule has 1 aliphatic heterocycles. The van der Waals surface area contributed by atoms with Crippen LogP contribution in [0.2, 0.25) is 0 Å². The summed E-state index contributed by atoms with van der Waals surface area (Å²) in [6.45, 7) is 6.37. The molecular weight excluding hydrogens is 468 g/mol. The Balaban J connectivity index is 1.35. The van der Waals surface area contributed by atoms with E-state index in [-0.39, 0.29) is 17.9 Å². The second-order valence-electron chi connectivity index (χ2n) is 8.47. The van der Waals surface area contributed by atoms with Crippen molar-refractivity contribution in [2.75, 3.05) is 13.1 Å². The number of nitrogens with one attached hydrogen (secondary N) is 1. The Morgan fingerprint density at radius 1 is 1.22 bits per heavy atom. The summed E-state index contributed by atoms with van der Waals surface area (Å²) in [5.41, 5.74) is 3.30. The Hall–Kier alpha value is -2.51. The molecule has 2 atom stereocenters. The van der Waals surface area contributed by atoms with Crippen LogP contribution in [0, 0.1) is 12.8 Å². The van der Waals surface area contributed by atoms with Crippen LogP contribution in [-0.4, -0.2) is 34.0 Å². The number of carbonyl (C=O) groups is 1. The van der Waals surface area contributed by atoms with Gasteiger partial charge in [-0.25, -0.2) is 0 Å². The van der Waals surface area contributed by atoms with E-state index in [1.165, 1.54) is 5.56 Å². The highest BCUT2D eigenvalue weighted by Crippen LogP contribution is 2.23. The van der Waals surface area contributed by atoms with Gasteiger partial charge in [-0.3, -0.25) is 9.69 Å². The zero-order valence-electron chi connectivity index (χ0n) is 18.6. The summed E-state index contributed by atoms with van der Waals surface area (Å²) in [4.78, 5) is 19.8. The van der Waals surface area contributed by atoms with Crippen LogP contribution in [0.25, 0.3) is 11.4 Å². The van der Waals surface area contributed by atoms with Crippen LogP contribution in [0.5, 0.6) is 0 Å². The van der Waals surface area contributed by atoms with Gasteiger partial charge < -0.3 is 9.84 Å². The molecule has 1 aromatic heterocycles. The number of rotatable bonds is 7. The minimum atomic E-state index is -0.0305. The Morgan fingerprint density at radius 3 is 2.69 bits per heavy atom. The number of hydrogen-bond donors (Lipinski definition) is 1. The molecule has 1 aliphatic rings. The fraction of sp³-hybridized carbons (Fsp3) is 0.400. The number of hydrogen-bond acceptors (Lipinski definition) is 5. The van der Waals surface area contributed by atoms with Crippen molar-refractivity contribution in [3.8, 4) is 11.4 Å². The maximum absolute atomic E-state index is 13.0. The first-order valence-electron chi connectivity index (χ1n) is 11.2. The highest BCUT2D eigenvalue weighted by atomic mass is 79.9. The summed E-state index contributed by atoms with van der Waals surface area (Å²) in [7, 11) is 0. The fourth-order valence-corrected chi connectivity index (χ4v) is 4.41. The van der Waals surface area contributed by atoms with E-state index < -0.39 is 0 Å². The summed E-state index contributed by atoms with van der Waals surface area (Å²) in [6, 6.07) is 16.3. The third-order valence-corrected chi connectivity index (χ3v) is 6.54. The predicted octanol–water partition coefficient (Wildman–Crippen LogP) is 5.29. The standard InChI is InChI=1S/C25H29BrN4O2/c1-3-22(18-8-6-17(2)7-9-18)27-25(31)20-5-4-14-30(15-20)16-23-28-24(29-32-23)19-10-12-21(26)13-11-19/h6-13,20,22H,3-5,14-16H2,1-2H3,(H,27,31). The minimum Gasteiger partial charge on any atom is -0.349 e. The topological polar surface area (TPSA) is 71.3 Å². The van der Waals surface area contributed by atoms with Gasteiger partial charge in [0.2, 0.25) is 17.6 Å². The van der Waals surface area contributed by atoms with Crippen molar-refractivity contribution in [3.05, 3.63) is 70.0 Å². The van der Waals surface area contributed by atoms with Gasteiger partial charge in [-0.1, -0.05) is 57.8 Å². The molecule has 168 valence electrons. The zero-order chi connectivity index (χ0) is 22.5. The van der Waals surface area contributed by atoms with E-state index in [0.717, 1.165) is 41.4 Å². The Bertz CT molecular complexity index is 1030. The number of halogens is 1. The molecule has 2 aromatic carbocycles. The quantitative estimate of drug-likeness (QED) is 0.481. The van der Waals surface area contributed by atoms with Crippen LogP contribution in [-0.2, 0) is 11.3 Å². The van der Waals surface area contributed by atoms with E-state index >= 15 is 0 Å². The molecule has 2 heterocycles. The van der Waals surface area contributed by atoms with Crippen molar-refractivity contribution in [2.45, 2.75) is 45.7 Å². The molecule has 3 aromatic rings. The van der Waals surface area contributed by atoms with Crippen molar-refractivity contribution in [3.63, 3.8) is 0 Å². The summed E-state index contributed by atoms with van der Waals surface area (Å²) < 4.78 is 6.49. The molecule has 1 saturated heterocycles. The number of aromatic nitrogens is 2. The average Bonchev–Trinajstić information content (AvgIpc) is 3.27. The van der Waals surface area contributed by atoms with Gasteiger partial charge in [-0.2, -0.15) is 4.98 Å². The van der Waals surface area contributed by atoms with E-state index in [1.807, 2.05) is 24.3 Å². The van der Waals surface area contributed by atoms with Crippen LogP contribution < -0.4 is 5.32 Å². The van der Waals surface area contributed by atoms with Gasteiger partial charge in [0.25, 0.3) is 0 Å². The number of likely N-dealkylation sites (tertiary alicyclic amines) is 1. The molecule has 32 heavy (non-hydrogen) atoms. The second kappa shape index (κ2) is 10.4. The molecule has 1 fully saturated rings. The lowest BCUT2D eigenvalue weighted by Crippen LogP contribution is -2.43. The fourth-order valence-electron chi connectivity index (χ4n) is 4.15. The van der Waals surface area contributed by atoms with Gasteiger partial charge >= 0.3 is 0 Å². The highest BCUT2D eigenvalue weighted by Gasteiger charge is 2.28. The van der Waals surface area contributed by atoms with Gasteiger partial charge in [0, 0.05) is 16.6 Å². The van der Waals surface area contributed by atoms with Crippen LogP contribution in [0.3, 0.4) is 0 Å². The summed E-state index contributed by atoms with van der Waals surface area (Å²) in [5, 5.41) is 7.38. The molecule has 0 saturated carbocycles. The summed E-state index contributed by atoms with van der Waals surface area (Å²) in [6.07, 6.45) is 2.75. The molecule has 2 unspecified atom stereocenters. The van der Waals surface area contributed by atoms with Crippen LogP contribution in [0.4, 0.5) is 0 Å². The number of carbonyl (C=O) groups excluding carboxylic acids is 1. The van der Waals surface area contributed by atoms with Gasteiger partial charge in [0.1, 0.15) is 0 Å². The molecule has 1 amide bonds. The third-order valence-electron chi connectivity index (χ3n) is 6.01. The van der Waals surface area contributed by atoms with Crippen LogP contribution >= 0.6 is 15.9 Å². The molecule has 0 spiro atoms. The first kappa shape index (κ1) is 22.7. The summed E-state index contributed by atoms with van der Waals surface area (Å²) in [5.74, 6) is 1.26. The Labute approximate surface area is 197 Å². The van der Waals surface area contributed by atoms with Crippen LogP contribution in [0.15, 0.2) is 57.5 Å². The van der Waals surface area contributed by atoms with E-state index in [1.54, 1.807) is 0 Å². The normalized spacial score (nSPS) is 17.8. The second-order valence-corrected chi connectivity index (χ2v) is 9.39. The molecule has 4 rings (SSSR count). The Morgan fingerprint density at radius 2 is 1.97 bits per heavy atom. The highest BCUT2D eigenvalue weighted by molar-refractivity contribution is 9.10. The SMILES string of the molecule is CCC(NC(=O)C1CCCN(Cc2nc(-c3ccc(Br)cc3)no2)C1)c1ccc(C)cc1. The van der Waals surface area contributed by atoms with Gasteiger partial charge in [-0.05, 0) is 62.6 Å². The lowest BCUT2D eigenvalue weighted by atomic mass is 9.95. The zero-order valence-corrected chi connectivity index (χ0v) is 20.1. The van der Waals surface area contributed by atoms with E-state index in [4.69, 9.17) is 4.52 Å². The number of piperidine rings is 1. The lowest BCUT2D eigenvalue weighted by Gasteiger charge is -2.32. The molecule has 7 heteroatoms. The molecular formula is C25H29BrN4O2. The maximum atomic E-state index is 13.0. The monoisotopic (exact) mass is 496 g/mol. The minimum absolute atomic E-state index is 0.0305. The van der Waals surface area contributed by atoms with Crippen molar-refractivity contribution < 1.29 is 9.32 Å². The summed E-state index contributed by atoms with van der Waals surface area (Å²) >= 11 is 3.44. The van der Waals surface area contributed by atoms with E-state index in [0.29, 0.717) is 24.8 Å². The first-order chi connectivity index (χ1) is 15.5. The number of aryl methyl sites for hydroxylation is 1. The molecule has 1 N–H and O–H groups in total. The first-order valence-corrected chi connectivity index (χ1v) is 12.0. The smallest absolute Gasteiger partial charge is 0.241 e. The third kappa shape index (κ3) is 5.64. The van der Waals surface area contributed by atoms with Crippen molar-refractivity contribution in [1.82, 2.24) is 20.4 Å². The molecule has 0 radical (unpaired) electrons. The van der Waals surface area contributed by atoms with Crippen molar-refractivity contribution >= 4 is 21.8 Å². The van der Waals surface area contributed by atoms with Crippen molar-refractivity contribution in [1.29, 1.82) is 0 Å². The molecule has 6 nitrogen and oxygen atoms in total. The predicted molar refractivity (Wildman–Crippen MR) is 128 cm³/mol. The van der Waals surface area contributed by atoms with E-state index in [2.05, 4.69) is 74.4 Å². The van der Waals surface area contributed by atoms with E-state index in [9.17, 15) is 4.79 Å². The van der Waals surface area contributed by atoms with Gasteiger partial charge in [0.05, 0.1) is 18.5 Å². The Kier molecular flexibility index (Phi) is 7.37. The largest absolute Gasteiger partial charge is 0.349 e. The number of amides is 1. The number of benzene rings is 2. The van der Waals surface area contributed by atoms with Crippen LogP contribution in [0.1, 0.15) is 49.2 Å². The molecule has 0 aliphatic carbocycles. The van der Waals surface area contributed by atoms with Gasteiger partial charge in [-0.15, -0.1) is 0 Å². The number of nitrogens with zero attached hydrogens (tertiary/aromatic N) is 3. The van der Waals surface area contributed by atoms with Crippen molar-refractivity contribution in [2.24, 2.45) is 5.92 Å². The molecule has 0 bridgehead atoms. The average molecular weight is 497 g/mol.